The van der Waals surface area contributed by atoms with Crippen molar-refractivity contribution in [1.82, 2.24) is 10.2 Å². The molecule has 18 heavy (non-hydrogen) atoms. The van der Waals surface area contributed by atoms with Gasteiger partial charge in [-0.3, -0.25) is 0 Å². The van der Waals surface area contributed by atoms with E-state index < -0.39 is 0 Å². The van der Waals surface area contributed by atoms with E-state index in [1.165, 1.54) is 5.56 Å². The minimum absolute atomic E-state index is 0.236. The zero-order valence-electron chi connectivity index (χ0n) is 10.8. The first-order valence-electron chi connectivity index (χ1n) is 5.86. The van der Waals surface area contributed by atoms with Crippen molar-refractivity contribution < 1.29 is 9.15 Å². The quantitative estimate of drug-likeness (QED) is 0.897. The van der Waals surface area contributed by atoms with Crippen LogP contribution in [0.5, 0.6) is 5.75 Å². The number of benzene rings is 1. The van der Waals surface area contributed by atoms with Crippen LogP contribution in [0.15, 0.2) is 22.6 Å². The number of ether oxygens (including phenoxy) is 1. The number of aromatic nitrogens is 2. The summed E-state index contributed by atoms with van der Waals surface area (Å²) in [4.78, 5) is 0. The van der Waals surface area contributed by atoms with Gasteiger partial charge in [0.05, 0.1) is 19.2 Å². The highest BCUT2D eigenvalue weighted by Crippen LogP contribution is 2.31. The average Bonchev–Trinajstić information content (AvgIpc) is 2.86. The maximum atomic E-state index is 5.45. The number of nitrogens with zero attached hydrogens (tertiary/aromatic N) is 2. The van der Waals surface area contributed by atoms with Crippen molar-refractivity contribution >= 4 is 0 Å². The maximum Gasteiger partial charge on any atom is 0.251 e. The van der Waals surface area contributed by atoms with Gasteiger partial charge in [0, 0.05) is 0 Å². The average molecular weight is 247 g/mol. The van der Waals surface area contributed by atoms with E-state index in [1.807, 2.05) is 18.2 Å². The number of nitrogens with two attached hydrogens (primary N) is 1. The first-order chi connectivity index (χ1) is 8.65. The predicted octanol–water partition coefficient (Wildman–Crippen LogP) is 2.33. The van der Waals surface area contributed by atoms with Crippen LogP contribution in [0.2, 0.25) is 0 Å². The second kappa shape index (κ2) is 5.18. The highest BCUT2D eigenvalue weighted by Gasteiger charge is 2.14. The second-order valence-corrected chi connectivity index (χ2v) is 4.32. The Kier molecular flexibility index (Phi) is 3.62. The van der Waals surface area contributed by atoms with Crippen LogP contribution < -0.4 is 10.5 Å². The zero-order chi connectivity index (χ0) is 13.1. The monoisotopic (exact) mass is 247 g/mol. The third kappa shape index (κ3) is 2.36. The summed E-state index contributed by atoms with van der Waals surface area (Å²) in [6.07, 6.45) is 0. The molecule has 0 amide bonds. The van der Waals surface area contributed by atoms with Gasteiger partial charge in [-0.2, -0.15) is 0 Å². The van der Waals surface area contributed by atoms with Gasteiger partial charge in [0.1, 0.15) is 5.75 Å². The molecule has 0 saturated carbocycles. The number of methoxy groups -OCH3 is 1. The third-order valence-electron chi connectivity index (χ3n) is 2.76. The van der Waals surface area contributed by atoms with E-state index in [-0.39, 0.29) is 6.54 Å². The van der Waals surface area contributed by atoms with E-state index in [4.69, 9.17) is 14.9 Å². The van der Waals surface area contributed by atoms with Gasteiger partial charge in [0.2, 0.25) is 5.89 Å². The molecule has 2 aromatic rings. The Labute approximate surface area is 106 Å². The minimum Gasteiger partial charge on any atom is -0.496 e. The molecule has 2 N–H and O–H groups in total. The van der Waals surface area contributed by atoms with Crippen molar-refractivity contribution in [3.05, 3.63) is 29.7 Å². The molecule has 0 fully saturated rings. The van der Waals surface area contributed by atoms with Crippen LogP contribution in [0.3, 0.4) is 0 Å². The molecule has 1 aromatic carbocycles. The summed E-state index contributed by atoms with van der Waals surface area (Å²) in [5.74, 6) is 2.02. The molecule has 0 unspecified atom stereocenters. The molecule has 0 aliphatic carbocycles. The molecule has 2 rings (SSSR count). The summed E-state index contributed by atoms with van der Waals surface area (Å²) in [5.41, 5.74) is 7.44. The zero-order valence-corrected chi connectivity index (χ0v) is 10.8. The Morgan fingerprint density at radius 3 is 2.67 bits per heavy atom. The molecule has 5 heteroatoms. The second-order valence-electron chi connectivity index (χ2n) is 4.32. The highest BCUT2D eigenvalue weighted by molar-refractivity contribution is 5.63. The van der Waals surface area contributed by atoms with Crippen molar-refractivity contribution in [1.29, 1.82) is 0 Å². The SMILES string of the molecule is COc1cc(C(C)C)ccc1-c1nnc(CN)o1. The molecule has 0 atom stereocenters. The van der Waals surface area contributed by atoms with Crippen LogP contribution >= 0.6 is 0 Å². The normalized spacial score (nSPS) is 10.9. The van der Waals surface area contributed by atoms with E-state index in [9.17, 15) is 0 Å². The van der Waals surface area contributed by atoms with E-state index >= 15 is 0 Å². The molecule has 0 bridgehead atoms. The van der Waals surface area contributed by atoms with E-state index in [0.717, 1.165) is 11.3 Å². The van der Waals surface area contributed by atoms with Crippen LogP contribution in [0.4, 0.5) is 0 Å². The lowest BCUT2D eigenvalue weighted by atomic mass is 10.0. The first kappa shape index (κ1) is 12.6. The van der Waals surface area contributed by atoms with Crippen LogP contribution in [0.1, 0.15) is 31.2 Å². The molecule has 1 heterocycles. The fourth-order valence-corrected chi connectivity index (χ4v) is 1.69. The van der Waals surface area contributed by atoms with Crippen molar-refractivity contribution in [2.45, 2.75) is 26.3 Å². The van der Waals surface area contributed by atoms with Gasteiger partial charge in [-0.15, -0.1) is 10.2 Å². The van der Waals surface area contributed by atoms with Gasteiger partial charge < -0.3 is 14.9 Å². The Balaban J connectivity index is 2.44. The molecule has 0 radical (unpaired) electrons. The Hall–Kier alpha value is -1.88. The van der Waals surface area contributed by atoms with Crippen LogP contribution in [-0.2, 0) is 6.54 Å². The Morgan fingerprint density at radius 1 is 1.33 bits per heavy atom. The topological polar surface area (TPSA) is 74.2 Å². The summed E-state index contributed by atoms with van der Waals surface area (Å²) < 4.78 is 10.8. The Morgan fingerprint density at radius 2 is 2.11 bits per heavy atom. The van der Waals surface area contributed by atoms with E-state index in [2.05, 4.69) is 24.0 Å². The highest BCUT2D eigenvalue weighted by atomic mass is 16.5. The number of rotatable bonds is 4. The first-order valence-corrected chi connectivity index (χ1v) is 5.86. The van der Waals surface area contributed by atoms with Crippen LogP contribution in [-0.4, -0.2) is 17.3 Å². The molecule has 5 nitrogen and oxygen atoms in total. The van der Waals surface area contributed by atoms with Crippen molar-refractivity contribution in [2.24, 2.45) is 5.73 Å². The Bertz CT molecular complexity index is 535. The smallest absolute Gasteiger partial charge is 0.251 e. The lowest BCUT2D eigenvalue weighted by Crippen LogP contribution is -1.95. The van der Waals surface area contributed by atoms with E-state index in [1.54, 1.807) is 7.11 Å². The number of hydrogen-bond donors (Lipinski definition) is 1. The molecule has 0 aliphatic heterocycles. The molecular weight excluding hydrogens is 230 g/mol. The van der Waals surface area contributed by atoms with Gasteiger partial charge in [-0.25, -0.2) is 0 Å². The van der Waals surface area contributed by atoms with Gasteiger partial charge in [0.25, 0.3) is 5.89 Å². The maximum absolute atomic E-state index is 5.45. The lowest BCUT2D eigenvalue weighted by molar-refractivity contribution is 0.412. The summed E-state index contributed by atoms with van der Waals surface area (Å²) in [7, 11) is 1.63. The molecular formula is C13H17N3O2. The van der Waals surface area contributed by atoms with Crippen molar-refractivity contribution in [3.63, 3.8) is 0 Å². The predicted molar refractivity (Wildman–Crippen MR) is 68.3 cm³/mol. The van der Waals surface area contributed by atoms with Gasteiger partial charge in [-0.05, 0) is 23.6 Å². The number of hydrogen-bond acceptors (Lipinski definition) is 5. The molecule has 1 aromatic heterocycles. The molecule has 0 spiro atoms. The summed E-state index contributed by atoms with van der Waals surface area (Å²) in [5, 5.41) is 7.81. The van der Waals surface area contributed by atoms with Gasteiger partial charge in [0.15, 0.2) is 0 Å². The minimum atomic E-state index is 0.236. The molecule has 0 aliphatic rings. The molecule has 96 valence electrons. The van der Waals surface area contributed by atoms with Crippen LogP contribution in [0, 0.1) is 0 Å². The summed E-state index contributed by atoms with van der Waals surface area (Å²) in [6.45, 7) is 4.50. The summed E-state index contributed by atoms with van der Waals surface area (Å²) >= 11 is 0. The van der Waals surface area contributed by atoms with Gasteiger partial charge >= 0.3 is 0 Å². The fraction of sp³-hybridized carbons (Fsp3) is 0.385. The standard InChI is InChI=1S/C13H17N3O2/c1-8(2)9-4-5-10(11(6-9)17-3)13-16-15-12(7-14)18-13/h4-6,8H,7,14H2,1-3H3. The third-order valence-corrected chi connectivity index (χ3v) is 2.76. The van der Waals surface area contributed by atoms with E-state index in [0.29, 0.717) is 17.7 Å². The fourth-order valence-electron chi connectivity index (χ4n) is 1.69. The molecule has 0 saturated heterocycles. The lowest BCUT2D eigenvalue weighted by Gasteiger charge is -2.10. The summed E-state index contributed by atoms with van der Waals surface area (Å²) in [6, 6.07) is 5.96. The van der Waals surface area contributed by atoms with Crippen LogP contribution in [0.25, 0.3) is 11.5 Å². The van der Waals surface area contributed by atoms with Crippen molar-refractivity contribution in [2.75, 3.05) is 7.11 Å². The largest absolute Gasteiger partial charge is 0.496 e. The van der Waals surface area contributed by atoms with Gasteiger partial charge in [-0.1, -0.05) is 19.9 Å². The van der Waals surface area contributed by atoms with Crippen molar-refractivity contribution in [3.8, 4) is 17.2 Å².